The lowest BCUT2D eigenvalue weighted by molar-refractivity contribution is -0.138. The van der Waals surface area contributed by atoms with E-state index in [2.05, 4.69) is 29.4 Å². The summed E-state index contributed by atoms with van der Waals surface area (Å²) in [7, 11) is 2.06. The van der Waals surface area contributed by atoms with Gasteiger partial charge in [0.2, 0.25) is 5.91 Å². The number of fused-ring (bicyclic) bond motifs is 1. The summed E-state index contributed by atoms with van der Waals surface area (Å²) in [5.41, 5.74) is 2.29. The molecule has 4 nitrogen and oxygen atoms in total. The molecule has 0 unspecified atom stereocenters. The van der Waals surface area contributed by atoms with Gasteiger partial charge < -0.3 is 10.2 Å². The van der Waals surface area contributed by atoms with Crippen LogP contribution in [0, 0.1) is 5.92 Å². The van der Waals surface area contributed by atoms with E-state index in [-0.39, 0.29) is 29.1 Å². The fourth-order valence-corrected chi connectivity index (χ4v) is 4.63. The highest BCUT2D eigenvalue weighted by Crippen LogP contribution is 2.56. The van der Waals surface area contributed by atoms with Crippen LogP contribution < -0.4 is 10.2 Å². The largest absolute Gasteiger partial charge is 0.370 e. The van der Waals surface area contributed by atoms with Gasteiger partial charge in [0.25, 0.3) is 0 Å². The molecule has 1 aliphatic carbocycles. The maximum absolute atomic E-state index is 12.3. The standard InChI is InChI=1S/C16H18N2O2/c1-18-13-5-3-2-4-11(13)16-6-7-17-15(20)12(16)8-10(19)9-14(16)18/h2-5,12,14H,6-9H2,1H3,(H,17,20)/t12-,14-,16+/m0/s1. The van der Waals surface area contributed by atoms with Crippen LogP contribution in [0.3, 0.4) is 0 Å². The second-order valence-electron chi connectivity index (χ2n) is 6.22. The Balaban J connectivity index is 1.95. The van der Waals surface area contributed by atoms with E-state index < -0.39 is 0 Å². The summed E-state index contributed by atoms with van der Waals surface area (Å²) < 4.78 is 0. The van der Waals surface area contributed by atoms with E-state index in [0.29, 0.717) is 19.4 Å². The lowest BCUT2D eigenvalue weighted by atomic mass is 9.58. The van der Waals surface area contributed by atoms with Crippen LogP contribution in [0.4, 0.5) is 5.69 Å². The lowest BCUT2D eigenvalue weighted by Crippen LogP contribution is -2.61. The minimum Gasteiger partial charge on any atom is -0.370 e. The Hall–Kier alpha value is -1.84. The zero-order valence-electron chi connectivity index (χ0n) is 11.6. The highest BCUT2D eigenvalue weighted by molar-refractivity contribution is 5.93. The van der Waals surface area contributed by atoms with Gasteiger partial charge in [0.05, 0.1) is 5.92 Å². The zero-order chi connectivity index (χ0) is 13.9. The Bertz CT molecular complexity index is 612. The summed E-state index contributed by atoms with van der Waals surface area (Å²) in [5, 5.41) is 2.95. The number of carbonyl (C=O) groups excluding carboxylic acids is 2. The number of benzene rings is 1. The molecule has 2 fully saturated rings. The van der Waals surface area contributed by atoms with E-state index in [1.54, 1.807) is 0 Å². The number of nitrogens with zero attached hydrogens (tertiary/aromatic N) is 1. The number of hydrogen-bond donors (Lipinski definition) is 1. The van der Waals surface area contributed by atoms with Crippen molar-refractivity contribution in [2.24, 2.45) is 5.92 Å². The Labute approximate surface area is 118 Å². The molecule has 0 bridgehead atoms. The molecule has 104 valence electrons. The van der Waals surface area contributed by atoms with E-state index in [0.717, 1.165) is 6.42 Å². The number of nitrogens with one attached hydrogen (secondary N) is 1. The van der Waals surface area contributed by atoms with Gasteiger partial charge in [-0.3, -0.25) is 9.59 Å². The number of Topliss-reactive ketones (excluding diaryl/α,β-unsaturated/α-hetero) is 1. The molecule has 3 aliphatic rings. The van der Waals surface area contributed by atoms with Crippen molar-refractivity contribution >= 4 is 17.4 Å². The average molecular weight is 270 g/mol. The first-order valence-corrected chi connectivity index (χ1v) is 7.26. The van der Waals surface area contributed by atoms with Gasteiger partial charge in [0.1, 0.15) is 5.78 Å². The Kier molecular flexibility index (Phi) is 2.29. The van der Waals surface area contributed by atoms with Gasteiger partial charge in [-0.2, -0.15) is 0 Å². The highest BCUT2D eigenvalue weighted by atomic mass is 16.2. The van der Waals surface area contributed by atoms with Crippen LogP contribution in [0.25, 0.3) is 0 Å². The summed E-state index contributed by atoms with van der Waals surface area (Å²) in [4.78, 5) is 26.7. The minimum absolute atomic E-state index is 0.0550. The second kappa shape index (κ2) is 3.84. The summed E-state index contributed by atoms with van der Waals surface area (Å²) in [6.07, 6.45) is 1.89. The first-order valence-electron chi connectivity index (χ1n) is 7.26. The van der Waals surface area contributed by atoms with Crippen molar-refractivity contribution in [1.82, 2.24) is 5.32 Å². The van der Waals surface area contributed by atoms with E-state index in [9.17, 15) is 9.59 Å². The van der Waals surface area contributed by atoms with Crippen LogP contribution in [0.1, 0.15) is 24.8 Å². The molecule has 1 amide bonds. The van der Waals surface area contributed by atoms with Crippen molar-refractivity contribution < 1.29 is 9.59 Å². The van der Waals surface area contributed by atoms with Crippen LogP contribution in [0.15, 0.2) is 24.3 Å². The van der Waals surface area contributed by atoms with Crippen LogP contribution in [-0.2, 0) is 15.0 Å². The highest BCUT2D eigenvalue weighted by Gasteiger charge is 2.60. The summed E-state index contributed by atoms with van der Waals surface area (Å²) in [5.74, 6) is 0.0698. The molecule has 1 aromatic rings. The maximum atomic E-state index is 12.3. The molecule has 1 aromatic carbocycles. The van der Waals surface area contributed by atoms with Gasteiger partial charge in [0, 0.05) is 43.6 Å². The number of piperidine rings is 1. The number of ketones is 1. The summed E-state index contributed by atoms with van der Waals surface area (Å²) >= 11 is 0. The first-order chi connectivity index (χ1) is 9.64. The number of anilines is 1. The molecule has 0 aromatic heterocycles. The molecule has 4 rings (SSSR count). The quantitative estimate of drug-likeness (QED) is 0.771. The fourth-order valence-electron chi connectivity index (χ4n) is 4.63. The van der Waals surface area contributed by atoms with Gasteiger partial charge in [-0.15, -0.1) is 0 Å². The fraction of sp³-hybridized carbons (Fsp3) is 0.500. The van der Waals surface area contributed by atoms with Crippen LogP contribution in [0.5, 0.6) is 0 Å². The van der Waals surface area contributed by atoms with E-state index in [1.807, 2.05) is 12.1 Å². The summed E-state index contributed by atoms with van der Waals surface area (Å²) in [6, 6.07) is 8.47. The number of para-hydroxylation sites is 1. The predicted molar refractivity (Wildman–Crippen MR) is 75.7 cm³/mol. The molecule has 1 saturated carbocycles. The topological polar surface area (TPSA) is 49.4 Å². The van der Waals surface area contributed by atoms with Crippen molar-refractivity contribution in [1.29, 1.82) is 0 Å². The van der Waals surface area contributed by atoms with Crippen LogP contribution in [0.2, 0.25) is 0 Å². The first kappa shape index (κ1) is 11.9. The second-order valence-corrected chi connectivity index (χ2v) is 6.22. The number of carbonyl (C=O) groups is 2. The van der Waals surface area contributed by atoms with Crippen molar-refractivity contribution in [3.63, 3.8) is 0 Å². The van der Waals surface area contributed by atoms with Crippen LogP contribution in [-0.4, -0.2) is 31.3 Å². The molecule has 2 heterocycles. The smallest absolute Gasteiger partial charge is 0.224 e. The van der Waals surface area contributed by atoms with Gasteiger partial charge in [-0.1, -0.05) is 18.2 Å². The van der Waals surface area contributed by atoms with E-state index in [4.69, 9.17) is 0 Å². The van der Waals surface area contributed by atoms with Gasteiger partial charge in [-0.25, -0.2) is 0 Å². The molecular formula is C16H18N2O2. The molecule has 0 radical (unpaired) electrons. The zero-order valence-corrected chi connectivity index (χ0v) is 11.6. The number of likely N-dealkylation sites (N-methyl/N-ethyl adjacent to an activating group) is 1. The molecule has 2 aliphatic heterocycles. The van der Waals surface area contributed by atoms with Gasteiger partial charge >= 0.3 is 0 Å². The third-order valence-electron chi connectivity index (χ3n) is 5.48. The molecule has 1 saturated heterocycles. The third-order valence-corrected chi connectivity index (χ3v) is 5.48. The maximum Gasteiger partial charge on any atom is 0.224 e. The Morgan fingerprint density at radius 1 is 1.25 bits per heavy atom. The minimum atomic E-state index is -0.200. The number of amides is 1. The molecule has 4 heteroatoms. The average Bonchev–Trinajstić information content (AvgIpc) is 2.69. The van der Waals surface area contributed by atoms with Crippen molar-refractivity contribution in [3.8, 4) is 0 Å². The van der Waals surface area contributed by atoms with Crippen molar-refractivity contribution in [3.05, 3.63) is 29.8 Å². The third kappa shape index (κ3) is 1.27. The van der Waals surface area contributed by atoms with E-state index >= 15 is 0 Å². The Morgan fingerprint density at radius 3 is 2.90 bits per heavy atom. The molecule has 1 spiro atoms. The Morgan fingerprint density at radius 2 is 2.05 bits per heavy atom. The molecular weight excluding hydrogens is 252 g/mol. The predicted octanol–water partition coefficient (Wildman–Crippen LogP) is 1.24. The van der Waals surface area contributed by atoms with Crippen LogP contribution >= 0.6 is 0 Å². The lowest BCUT2D eigenvalue weighted by Gasteiger charge is -2.48. The molecule has 1 N–H and O–H groups in total. The summed E-state index contributed by atoms with van der Waals surface area (Å²) in [6.45, 7) is 0.711. The SMILES string of the molecule is CN1c2ccccc2[C@]23CCNC(=O)[C@@H]2CC(=O)C[C@H]13. The van der Waals surface area contributed by atoms with E-state index in [1.165, 1.54) is 11.3 Å². The van der Waals surface area contributed by atoms with Crippen molar-refractivity contribution in [2.75, 3.05) is 18.5 Å². The molecule has 3 atom stereocenters. The van der Waals surface area contributed by atoms with Crippen molar-refractivity contribution in [2.45, 2.75) is 30.7 Å². The number of hydrogen-bond acceptors (Lipinski definition) is 3. The number of rotatable bonds is 0. The molecule has 20 heavy (non-hydrogen) atoms. The van der Waals surface area contributed by atoms with Gasteiger partial charge in [-0.05, 0) is 18.1 Å². The monoisotopic (exact) mass is 270 g/mol. The van der Waals surface area contributed by atoms with Gasteiger partial charge in [0.15, 0.2) is 0 Å². The normalized spacial score (nSPS) is 35.1.